The zero-order valence-electron chi connectivity index (χ0n) is 18.3. The summed E-state index contributed by atoms with van der Waals surface area (Å²) in [5.41, 5.74) is 0.942. The minimum atomic E-state index is -3.43. The minimum Gasteiger partial charge on any atom is -0.357 e. The molecule has 0 radical (unpaired) electrons. The third kappa shape index (κ3) is 6.88. The lowest BCUT2D eigenvalue weighted by atomic mass is 10.0. The molecular weight excluding hydrogens is 529 g/mol. The van der Waals surface area contributed by atoms with E-state index in [0.717, 1.165) is 30.8 Å². The molecule has 31 heavy (non-hydrogen) atoms. The highest BCUT2D eigenvalue weighted by Gasteiger charge is 2.28. The van der Waals surface area contributed by atoms with Crippen LogP contribution in [0.3, 0.4) is 0 Å². The molecule has 0 aliphatic carbocycles. The molecule has 11 heteroatoms. The van der Waals surface area contributed by atoms with E-state index in [2.05, 4.69) is 32.6 Å². The standard InChI is InChI=1S/C20H31N7O2S.HI/c1-4-21-20(23-13-19-24-15-25-26(19)3)22-12-17-7-9-18(10-8-17)30(28,29)27-11-5-6-16(2)14-27;/h7-10,15-16H,4-6,11-14H2,1-3H3,(H2,21,22,23);1H. The first-order chi connectivity index (χ1) is 14.4. The highest BCUT2D eigenvalue weighted by Crippen LogP contribution is 2.23. The quantitative estimate of drug-likeness (QED) is 0.305. The van der Waals surface area contributed by atoms with Gasteiger partial charge in [-0.25, -0.2) is 18.4 Å². The number of nitrogens with one attached hydrogen (secondary N) is 2. The van der Waals surface area contributed by atoms with Gasteiger partial charge in [-0.3, -0.25) is 4.68 Å². The van der Waals surface area contributed by atoms with E-state index in [4.69, 9.17) is 0 Å². The van der Waals surface area contributed by atoms with Crippen molar-refractivity contribution in [3.05, 3.63) is 42.0 Å². The van der Waals surface area contributed by atoms with Crippen LogP contribution < -0.4 is 10.6 Å². The van der Waals surface area contributed by atoms with Gasteiger partial charge in [-0.15, -0.1) is 24.0 Å². The second-order valence-electron chi connectivity index (χ2n) is 7.60. The van der Waals surface area contributed by atoms with E-state index in [1.165, 1.54) is 6.33 Å². The van der Waals surface area contributed by atoms with Gasteiger partial charge in [-0.05, 0) is 43.4 Å². The van der Waals surface area contributed by atoms with Gasteiger partial charge >= 0.3 is 0 Å². The normalized spacial score (nSPS) is 17.8. The van der Waals surface area contributed by atoms with Crippen LogP contribution in [0.15, 0.2) is 40.5 Å². The highest BCUT2D eigenvalue weighted by atomic mass is 127. The van der Waals surface area contributed by atoms with Crippen molar-refractivity contribution in [2.45, 2.75) is 44.7 Å². The van der Waals surface area contributed by atoms with E-state index >= 15 is 0 Å². The van der Waals surface area contributed by atoms with Crippen LogP contribution in [0.1, 0.15) is 38.1 Å². The van der Waals surface area contributed by atoms with Crippen molar-refractivity contribution < 1.29 is 8.42 Å². The number of hydrogen-bond donors (Lipinski definition) is 2. The summed E-state index contributed by atoms with van der Waals surface area (Å²) in [6.07, 6.45) is 3.52. The van der Waals surface area contributed by atoms with Crippen molar-refractivity contribution in [2.75, 3.05) is 19.6 Å². The van der Waals surface area contributed by atoms with Crippen LogP contribution in [0.4, 0.5) is 0 Å². The third-order valence-corrected chi connectivity index (χ3v) is 7.04. The zero-order chi connectivity index (χ0) is 21.6. The average molecular weight is 561 g/mol. The lowest BCUT2D eigenvalue weighted by Gasteiger charge is -2.30. The summed E-state index contributed by atoms with van der Waals surface area (Å²) >= 11 is 0. The van der Waals surface area contributed by atoms with Crippen molar-refractivity contribution in [3.8, 4) is 0 Å². The van der Waals surface area contributed by atoms with E-state index in [1.54, 1.807) is 21.1 Å². The topological polar surface area (TPSA) is 105 Å². The Morgan fingerprint density at radius 1 is 1.26 bits per heavy atom. The van der Waals surface area contributed by atoms with E-state index in [-0.39, 0.29) is 24.0 Å². The molecule has 3 rings (SSSR count). The van der Waals surface area contributed by atoms with Crippen molar-refractivity contribution in [1.82, 2.24) is 29.7 Å². The number of hydrogen-bond acceptors (Lipinski definition) is 5. The fourth-order valence-corrected chi connectivity index (χ4v) is 5.03. The molecule has 2 N–H and O–H groups in total. The summed E-state index contributed by atoms with van der Waals surface area (Å²) in [7, 11) is -1.59. The van der Waals surface area contributed by atoms with Crippen LogP contribution in [0, 0.1) is 5.92 Å². The molecule has 0 bridgehead atoms. The largest absolute Gasteiger partial charge is 0.357 e. The average Bonchev–Trinajstić information content (AvgIpc) is 3.15. The number of piperidine rings is 1. The van der Waals surface area contributed by atoms with Gasteiger partial charge in [-0.1, -0.05) is 19.1 Å². The molecule has 1 unspecified atom stereocenters. The monoisotopic (exact) mass is 561 g/mol. The maximum atomic E-state index is 12.9. The van der Waals surface area contributed by atoms with E-state index in [1.807, 2.05) is 26.1 Å². The molecule has 2 heterocycles. The smallest absolute Gasteiger partial charge is 0.243 e. The molecule has 1 atom stereocenters. The minimum absolute atomic E-state index is 0. The van der Waals surface area contributed by atoms with Crippen molar-refractivity contribution >= 4 is 40.0 Å². The molecule has 172 valence electrons. The molecule has 1 aromatic carbocycles. The van der Waals surface area contributed by atoms with Gasteiger partial charge in [0.25, 0.3) is 0 Å². The molecule has 1 fully saturated rings. The third-order valence-electron chi connectivity index (χ3n) is 5.16. The number of aryl methyl sites for hydroxylation is 1. The summed E-state index contributed by atoms with van der Waals surface area (Å²) in [5.74, 6) is 1.88. The number of benzene rings is 1. The van der Waals surface area contributed by atoms with Crippen molar-refractivity contribution in [3.63, 3.8) is 0 Å². The SMILES string of the molecule is CCNC(=NCc1ccc(S(=O)(=O)N2CCCC(C)C2)cc1)NCc1ncnn1C.I. The van der Waals surface area contributed by atoms with Crippen LogP contribution >= 0.6 is 24.0 Å². The molecule has 9 nitrogen and oxygen atoms in total. The molecule has 1 aliphatic rings. The molecule has 1 saturated heterocycles. The van der Waals surface area contributed by atoms with Gasteiger partial charge in [0, 0.05) is 26.7 Å². The second-order valence-corrected chi connectivity index (χ2v) is 9.54. The van der Waals surface area contributed by atoms with E-state index in [9.17, 15) is 8.42 Å². The Labute approximate surface area is 201 Å². The van der Waals surface area contributed by atoms with Gasteiger partial charge in [0.15, 0.2) is 5.96 Å². The van der Waals surface area contributed by atoms with E-state index < -0.39 is 10.0 Å². The fourth-order valence-electron chi connectivity index (χ4n) is 3.44. The number of halogens is 1. The van der Waals surface area contributed by atoms with Gasteiger partial charge in [0.2, 0.25) is 10.0 Å². The molecule has 1 aromatic heterocycles. The molecule has 2 aromatic rings. The second kappa shape index (κ2) is 11.8. The molecule has 0 saturated carbocycles. The summed E-state index contributed by atoms with van der Waals surface area (Å²) in [5, 5.41) is 10.5. The first kappa shape index (κ1) is 25.5. The number of guanidine groups is 1. The van der Waals surface area contributed by atoms with E-state index in [0.29, 0.717) is 43.0 Å². The lowest BCUT2D eigenvalue weighted by molar-refractivity contribution is 0.281. The summed E-state index contributed by atoms with van der Waals surface area (Å²) < 4.78 is 29.1. The Bertz CT molecular complexity index is 960. The van der Waals surface area contributed by atoms with Gasteiger partial charge in [0.05, 0.1) is 18.0 Å². The first-order valence-electron chi connectivity index (χ1n) is 10.3. The number of nitrogens with zero attached hydrogens (tertiary/aromatic N) is 5. The van der Waals surface area contributed by atoms with Crippen LogP contribution in [0.2, 0.25) is 0 Å². The number of sulfonamides is 1. The predicted octanol–water partition coefficient (Wildman–Crippen LogP) is 2.11. The zero-order valence-corrected chi connectivity index (χ0v) is 21.4. The number of aromatic nitrogens is 3. The Hall–Kier alpha value is -1.73. The highest BCUT2D eigenvalue weighted by molar-refractivity contribution is 14.0. The summed E-state index contributed by atoms with van der Waals surface area (Å²) in [6, 6.07) is 7.02. The molecule has 0 amide bonds. The Kier molecular flexibility index (Phi) is 9.69. The number of aliphatic imine (C=N–C) groups is 1. The van der Waals surface area contributed by atoms with Crippen molar-refractivity contribution in [2.24, 2.45) is 18.0 Å². The Morgan fingerprint density at radius 2 is 2.00 bits per heavy atom. The van der Waals surface area contributed by atoms with Gasteiger partial charge in [0.1, 0.15) is 12.2 Å². The van der Waals surface area contributed by atoms with Gasteiger partial charge < -0.3 is 10.6 Å². The summed E-state index contributed by atoms with van der Waals surface area (Å²) in [6.45, 7) is 6.97. The predicted molar refractivity (Wildman–Crippen MR) is 132 cm³/mol. The van der Waals surface area contributed by atoms with Crippen molar-refractivity contribution in [1.29, 1.82) is 0 Å². The summed E-state index contributed by atoms with van der Waals surface area (Å²) in [4.78, 5) is 9.11. The van der Waals surface area contributed by atoms with Crippen LogP contribution in [0.5, 0.6) is 0 Å². The van der Waals surface area contributed by atoms with Crippen LogP contribution in [0.25, 0.3) is 0 Å². The number of rotatable bonds is 7. The Morgan fingerprint density at radius 3 is 2.61 bits per heavy atom. The van der Waals surface area contributed by atoms with Crippen LogP contribution in [-0.2, 0) is 30.2 Å². The lowest BCUT2D eigenvalue weighted by Crippen LogP contribution is -2.39. The maximum Gasteiger partial charge on any atom is 0.243 e. The molecule has 0 spiro atoms. The molecular formula is C20H32IN7O2S. The first-order valence-corrected chi connectivity index (χ1v) is 11.8. The fraction of sp³-hybridized carbons (Fsp3) is 0.550. The maximum absolute atomic E-state index is 12.9. The molecule has 1 aliphatic heterocycles. The van der Waals surface area contributed by atoms with Crippen LogP contribution in [-0.4, -0.2) is 53.1 Å². The Balaban J connectivity index is 0.00000341. The van der Waals surface area contributed by atoms with Gasteiger partial charge in [-0.2, -0.15) is 9.40 Å².